The van der Waals surface area contributed by atoms with Crippen LogP contribution in [0.3, 0.4) is 0 Å². The summed E-state index contributed by atoms with van der Waals surface area (Å²) in [6.45, 7) is 0. The SMILES string of the molecule is F[C@@H](C[C@@H]1c2ccccc2-c2cncn21)C1CCCCC1. The Balaban J connectivity index is 1.60. The van der Waals surface area contributed by atoms with Crippen LogP contribution in [0.4, 0.5) is 4.39 Å². The summed E-state index contributed by atoms with van der Waals surface area (Å²) in [7, 11) is 0. The molecular weight excluding hydrogens is 263 g/mol. The van der Waals surface area contributed by atoms with E-state index >= 15 is 0 Å². The van der Waals surface area contributed by atoms with Crippen LogP contribution in [0.5, 0.6) is 0 Å². The van der Waals surface area contributed by atoms with Crippen molar-refractivity contribution in [2.24, 2.45) is 5.92 Å². The number of aromatic nitrogens is 2. The third kappa shape index (κ3) is 2.19. The van der Waals surface area contributed by atoms with Crippen molar-refractivity contribution in [3.05, 3.63) is 42.4 Å². The van der Waals surface area contributed by atoms with E-state index in [9.17, 15) is 4.39 Å². The van der Waals surface area contributed by atoms with E-state index in [2.05, 4.69) is 27.8 Å². The van der Waals surface area contributed by atoms with Gasteiger partial charge in [-0.2, -0.15) is 0 Å². The highest BCUT2D eigenvalue weighted by molar-refractivity contribution is 5.68. The molecule has 0 radical (unpaired) electrons. The van der Waals surface area contributed by atoms with Gasteiger partial charge in [-0.15, -0.1) is 0 Å². The van der Waals surface area contributed by atoms with Crippen molar-refractivity contribution < 1.29 is 4.39 Å². The second-order valence-corrected chi connectivity index (χ2v) is 6.44. The third-order valence-corrected chi connectivity index (χ3v) is 5.21. The first-order valence-electron chi connectivity index (χ1n) is 8.10. The van der Waals surface area contributed by atoms with Crippen LogP contribution >= 0.6 is 0 Å². The van der Waals surface area contributed by atoms with Gasteiger partial charge in [0.05, 0.1) is 24.3 Å². The van der Waals surface area contributed by atoms with Gasteiger partial charge >= 0.3 is 0 Å². The Morgan fingerprint density at radius 2 is 2.00 bits per heavy atom. The van der Waals surface area contributed by atoms with Crippen molar-refractivity contribution in [1.82, 2.24) is 9.55 Å². The summed E-state index contributed by atoms with van der Waals surface area (Å²) < 4.78 is 17.0. The predicted molar refractivity (Wildman–Crippen MR) is 81.9 cm³/mol. The predicted octanol–water partition coefficient (Wildman–Crippen LogP) is 4.76. The lowest BCUT2D eigenvalue weighted by Gasteiger charge is -2.27. The Morgan fingerprint density at radius 3 is 2.86 bits per heavy atom. The van der Waals surface area contributed by atoms with Crippen molar-refractivity contribution in [3.8, 4) is 11.3 Å². The van der Waals surface area contributed by atoms with Crippen LogP contribution < -0.4 is 0 Å². The topological polar surface area (TPSA) is 17.8 Å². The molecule has 110 valence electrons. The van der Waals surface area contributed by atoms with Crippen LogP contribution in [-0.4, -0.2) is 15.7 Å². The molecule has 1 aromatic heterocycles. The van der Waals surface area contributed by atoms with E-state index in [1.54, 1.807) is 0 Å². The first-order chi connectivity index (χ1) is 10.3. The monoisotopic (exact) mass is 284 g/mol. The van der Waals surface area contributed by atoms with Crippen LogP contribution in [0, 0.1) is 5.92 Å². The maximum Gasteiger partial charge on any atom is 0.105 e. The molecule has 2 aliphatic rings. The number of fused-ring (bicyclic) bond motifs is 3. The molecular formula is C18H21FN2. The molecule has 2 nitrogen and oxygen atoms in total. The molecule has 0 saturated heterocycles. The van der Waals surface area contributed by atoms with E-state index in [1.807, 2.05) is 18.6 Å². The average Bonchev–Trinajstić information content (AvgIpc) is 3.11. The minimum atomic E-state index is -0.697. The Kier molecular flexibility index (Phi) is 3.28. The van der Waals surface area contributed by atoms with Gasteiger partial charge in [0.15, 0.2) is 0 Å². The van der Waals surface area contributed by atoms with Gasteiger partial charge in [-0.25, -0.2) is 9.37 Å². The zero-order chi connectivity index (χ0) is 14.2. The normalized spacial score (nSPS) is 22.8. The van der Waals surface area contributed by atoms with Crippen LogP contribution in [0.2, 0.25) is 0 Å². The zero-order valence-corrected chi connectivity index (χ0v) is 12.2. The van der Waals surface area contributed by atoms with Gasteiger partial charge in [0.1, 0.15) is 6.17 Å². The maximum absolute atomic E-state index is 14.8. The number of imidazole rings is 1. The van der Waals surface area contributed by atoms with E-state index in [1.165, 1.54) is 30.4 Å². The number of halogens is 1. The first kappa shape index (κ1) is 13.1. The van der Waals surface area contributed by atoms with Crippen LogP contribution in [0.15, 0.2) is 36.8 Å². The Morgan fingerprint density at radius 1 is 1.19 bits per heavy atom. The number of nitrogens with zero attached hydrogens (tertiary/aromatic N) is 2. The molecule has 2 heterocycles. The average molecular weight is 284 g/mol. The largest absolute Gasteiger partial charge is 0.323 e. The molecule has 0 unspecified atom stereocenters. The molecule has 2 aromatic rings. The zero-order valence-electron chi connectivity index (χ0n) is 12.2. The van der Waals surface area contributed by atoms with Gasteiger partial charge in [0, 0.05) is 12.0 Å². The minimum absolute atomic E-state index is 0.121. The molecule has 0 bridgehead atoms. The Bertz CT molecular complexity index is 628. The van der Waals surface area contributed by atoms with E-state index in [4.69, 9.17) is 0 Å². The molecule has 1 aliphatic heterocycles. The molecule has 0 amide bonds. The quantitative estimate of drug-likeness (QED) is 0.794. The summed E-state index contributed by atoms with van der Waals surface area (Å²) in [6, 6.07) is 8.49. The fraction of sp³-hybridized carbons (Fsp3) is 0.500. The lowest BCUT2D eigenvalue weighted by molar-refractivity contribution is 0.159. The van der Waals surface area contributed by atoms with E-state index in [0.717, 1.165) is 18.5 Å². The fourth-order valence-corrected chi connectivity index (χ4v) is 4.07. The van der Waals surface area contributed by atoms with Gasteiger partial charge in [-0.05, 0) is 24.3 Å². The van der Waals surface area contributed by atoms with Gasteiger partial charge in [-0.3, -0.25) is 0 Å². The van der Waals surface area contributed by atoms with Crippen molar-refractivity contribution in [1.29, 1.82) is 0 Å². The highest BCUT2D eigenvalue weighted by Crippen LogP contribution is 2.43. The first-order valence-corrected chi connectivity index (χ1v) is 8.10. The molecule has 1 aliphatic carbocycles. The molecule has 1 aromatic carbocycles. The molecule has 0 N–H and O–H groups in total. The smallest absolute Gasteiger partial charge is 0.105 e. The summed E-state index contributed by atoms with van der Waals surface area (Å²) in [6.07, 6.45) is 9.44. The van der Waals surface area contributed by atoms with Gasteiger partial charge in [0.2, 0.25) is 0 Å². The summed E-state index contributed by atoms with van der Waals surface area (Å²) in [4.78, 5) is 4.25. The molecule has 1 saturated carbocycles. The minimum Gasteiger partial charge on any atom is -0.323 e. The highest BCUT2D eigenvalue weighted by atomic mass is 19.1. The molecule has 21 heavy (non-hydrogen) atoms. The lowest BCUT2D eigenvalue weighted by Crippen LogP contribution is -2.22. The van der Waals surface area contributed by atoms with Crippen molar-refractivity contribution in [3.63, 3.8) is 0 Å². The molecule has 3 heteroatoms. The van der Waals surface area contributed by atoms with E-state index < -0.39 is 6.17 Å². The maximum atomic E-state index is 14.8. The number of alkyl halides is 1. The second-order valence-electron chi connectivity index (χ2n) is 6.44. The second kappa shape index (κ2) is 5.28. The van der Waals surface area contributed by atoms with Crippen LogP contribution in [-0.2, 0) is 0 Å². The molecule has 1 fully saturated rings. The van der Waals surface area contributed by atoms with E-state index in [0.29, 0.717) is 6.42 Å². The standard InChI is InChI=1S/C18H21FN2/c19-16(13-6-2-1-3-7-13)10-17-14-8-4-5-9-15(14)18-11-20-12-21(17)18/h4-5,8-9,11-13,16-17H,1-3,6-7,10H2/t16-,17+/m0/s1. The lowest BCUT2D eigenvalue weighted by atomic mass is 9.83. The summed E-state index contributed by atoms with van der Waals surface area (Å²) in [5.74, 6) is 0.262. The number of hydrogen-bond donors (Lipinski definition) is 0. The Hall–Kier alpha value is -1.64. The van der Waals surface area contributed by atoms with Crippen molar-refractivity contribution in [2.45, 2.75) is 50.7 Å². The molecule has 4 rings (SSSR count). The molecule has 0 spiro atoms. The van der Waals surface area contributed by atoms with Gasteiger partial charge < -0.3 is 4.57 Å². The van der Waals surface area contributed by atoms with Gasteiger partial charge in [0.25, 0.3) is 0 Å². The Labute approximate surface area is 125 Å². The van der Waals surface area contributed by atoms with E-state index in [-0.39, 0.29) is 12.0 Å². The number of benzene rings is 1. The fourth-order valence-electron chi connectivity index (χ4n) is 4.07. The summed E-state index contributed by atoms with van der Waals surface area (Å²) in [5, 5.41) is 0. The molecule has 2 atom stereocenters. The van der Waals surface area contributed by atoms with Gasteiger partial charge in [-0.1, -0.05) is 43.5 Å². The number of hydrogen-bond acceptors (Lipinski definition) is 1. The van der Waals surface area contributed by atoms with Crippen LogP contribution in [0.25, 0.3) is 11.3 Å². The van der Waals surface area contributed by atoms with Crippen LogP contribution in [0.1, 0.15) is 50.1 Å². The highest BCUT2D eigenvalue weighted by Gasteiger charge is 2.33. The summed E-state index contributed by atoms with van der Waals surface area (Å²) in [5.41, 5.74) is 3.61. The van der Waals surface area contributed by atoms with Crippen molar-refractivity contribution in [2.75, 3.05) is 0 Å². The number of rotatable bonds is 3. The summed E-state index contributed by atoms with van der Waals surface area (Å²) >= 11 is 0. The van der Waals surface area contributed by atoms with Crippen molar-refractivity contribution >= 4 is 0 Å². The third-order valence-electron chi connectivity index (χ3n) is 5.21.